The molecular weight excluding hydrogens is 444 g/mol. The second kappa shape index (κ2) is 10.7. The van der Waals surface area contributed by atoms with Gasteiger partial charge in [0.05, 0.1) is 57.4 Å². The van der Waals surface area contributed by atoms with Gasteiger partial charge in [-0.15, -0.1) is 0 Å². The van der Waals surface area contributed by atoms with Crippen molar-refractivity contribution < 1.29 is 18.9 Å². The number of rotatable bonds is 6. The van der Waals surface area contributed by atoms with Crippen LogP contribution in [0.4, 0.5) is 5.82 Å². The summed E-state index contributed by atoms with van der Waals surface area (Å²) in [5.74, 6) is 2.67. The largest absolute Gasteiger partial charge is 0.493 e. The Balaban J connectivity index is 1.41. The van der Waals surface area contributed by atoms with Crippen molar-refractivity contribution in [2.24, 2.45) is 0 Å². The number of fused-ring (bicyclic) bond motifs is 1. The summed E-state index contributed by atoms with van der Waals surface area (Å²) < 4.78 is 23.7. The normalized spacial score (nSPS) is 25.4. The third-order valence-corrected chi connectivity index (χ3v) is 7.12. The predicted octanol–water partition coefficient (Wildman–Crippen LogP) is 3.32. The molecule has 35 heavy (non-hydrogen) atoms. The molecule has 4 heterocycles. The van der Waals surface area contributed by atoms with Crippen LogP contribution in [0.3, 0.4) is 0 Å². The van der Waals surface area contributed by atoms with Crippen molar-refractivity contribution >= 4 is 5.82 Å². The standard InChI is InChI=1S/C27H38N4O4/c1-18(2)35-25-8-6-5-7-20(25)22-14-30(10-9-28-22)24-17-34-16-23-21(24)13-26(32-4)27(29-23)31-11-12-33-15-19(31)3/h5-8,13,18-19,22,24,28H,9-12,14-17H2,1-4H3/t19-,22-,24-/m0/s1. The number of nitrogens with one attached hydrogen (secondary N) is 1. The Labute approximate surface area is 208 Å². The number of morpholine rings is 1. The predicted molar refractivity (Wildman–Crippen MR) is 135 cm³/mol. The zero-order valence-corrected chi connectivity index (χ0v) is 21.3. The minimum Gasteiger partial charge on any atom is -0.493 e. The average molecular weight is 483 g/mol. The molecule has 2 aromatic rings. The van der Waals surface area contributed by atoms with Gasteiger partial charge in [0, 0.05) is 37.8 Å². The molecule has 0 spiro atoms. The summed E-state index contributed by atoms with van der Waals surface area (Å²) in [6.07, 6.45) is 0.136. The van der Waals surface area contributed by atoms with Crippen molar-refractivity contribution in [1.29, 1.82) is 0 Å². The number of aromatic nitrogens is 1. The molecule has 2 fully saturated rings. The molecule has 1 aromatic heterocycles. The highest BCUT2D eigenvalue weighted by Gasteiger charge is 2.34. The zero-order valence-electron chi connectivity index (χ0n) is 21.3. The second-order valence-electron chi connectivity index (χ2n) is 9.90. The maximum absolute atomic E-state index is 6.12. The average Bonchev–Trinajstić information content (AvgIpc) is 2.88. The molecule has 8 nitrogen and oxygen atoms in total. The lowest BCUT2D eigenvalue weighted by Gasteiger charge is -2.42. The van der Waals surface area contributed by atoms with E-state index in [1.165, 1.54) is 11.1 Å². The molecular formula is C27H38N4O4. The van der Waals surface area contributed by atoms with E-state index in [1.807, 2.05) is 6.07 Å². The number of anilines is 1. The number of nitrogens with zero attached hydrogens (tertiary/aromatic N) is 3. The number of hydrogen-bond acceptors (Lipinski definition) is 8. The first kappa shape index (κ1) is 24.3. The van der Waals surface area contributed by atoms with E-state index in [0.29, 0.717) is 26.4 Å². The SMILES string of the molecule is COc1cc2c(nc1N1CCOC[C@@H]1C)COC[C@@H]2N1CCN[C@H](c2ccccc2OC(C)C)C1. The minimum absolute atomic E-state index is 0.136. The summed E-state index contributed by atoms with van der Waals surface area (Å²) in [4.78, 5) is 9.89. The summed E-state index contributed by atoms with van der Waals surface area (Å²) in [7, 11) is 1.73. The molecule has 0 unspecified atom stereocenters. The fourth-order valence-corrected chi connectivity index (χ4v) is 5.39. The van der Waals surface area contributed by atoms with Crippen molar-refractivity contribution in [3.63, 3.8) is 0 Å². The van der Waals surface area contributed by atoms with E-state index in [-0.39, 0.29) is 24.2 Å². The van der Waals surface area contributed by atoms with Gasteiger partial charge in [-0.25, -0.2) is 4.98 Å². The first-order valence-corrected chi connectivity index (χ1v) is 12.8. The Morgan fingerprint density at radius 3 is 2.74 bits per heavy atom. The molecule has 190 valence electrons. The van der Waals surface area contributed by atoms with Crippen molar-refractivity contribution in [3.05, 3.63) is 47.2 Å². The maximum atomic E-state index is 6.12. The fraction of sp³-hybridized carbons (Fsp3) is 0.593. The monoisotopic (exact) mass is 482 g/mol. The van der Waals surface area contributed by atoms with E-state index >= 15 is 0 Å². The van der Waals surface area contributed by atoms with Gasteiger partial charge in [-0.3, -0.25) is 4.90 Å². The zero-order chi connectivity index (χ0) is 24.4. The van der Waals surface area contributed by atoms with E-state index < -0.39 is 0 Å². The van der Waals surface area contributed by atoms with Gasteiger partial charge < -0.3 is 29.2 Å². The van der Waals surface area contributed by atoms with Crippen LogP contribution in [0.15, 0.2) is 30.3 Å². The van der Waals surface area contributed by atoms with Gasteiger partial charge in [0.15, 0.2) is 11.6 Å². The highest BCUT2D eigenvalue weighted by molar-refractivity contribution is 5.56. The quantitative estimate of drug-likeness (QED) is 0.673. The lowest BCUT2D eigenvalue weighted by Crippen LogP contribution is -2.49. The Morgan fingerprint density at radius 2 is 1.94 bits per heavy atom. The highest BCUT2D eigenvalue weighted by atomic mass is 16.5. The van der Waals surface area contributed by atoms with Gasteiger partial charge in [0.1, 0.15) is 5.75 Å². The molecule has 8 heteroatoms. The first-order chi connectivity index (χ1) is 17.0. The summed E-state index contributed by atoms with van der Waals surface area (Å²) in [6.45, 7) is 12.4. The third kappa shape index (κ3) is 5.11. The Morgan fingerprint density at radius 1 is 1.09 bits per heavy atom. The number of pyridine rings is 1. The van der Waals surface area contributed by atoms with E-state index in [2.05, 4.69) is 60.2 Å². The van der Waals surface area contributed by atoms with Crippen LogP contribution >= 0.6 is 0 Å². The molecule has 0 radical (unpaired) electrons. The summed E-state index contributed by atoms with van der Waals surface area (Å²) in [6, 6.07) is 11.1. The molecule has 5 rings (SSSR count). The van der Waals surface area contributed by atoms with Gasteiger partial charge >= 0.3 is 0 Å². The molecule has 0 saturated carbocycles. The van der Waals surface area contributed by atoms with E-state index in [0.717, 1.165) is 49.2 Å². The second-order valence-corrected chi connectivity index (χ2v) is 9.90. The van der Waals surface area contributed by atoms with Crippen LogP contribution < -0.4 is 19.7 Å². The van der Waals surface area contributed by atoms with Gasteiger partial charge in [-0.2, -0.15) is 0 Å². The van der Waals surface area contributed by atoms with Gasteiger partial charge in [0.2, 0.25) is 0 Å². The molecule has 0 bridgehead atoms. The number of ether oxygens (including phenoxy) is 4. The Kier molecular flexibility index (Phi) is 7.43. The van der Waals surface area contributed by atoms with Gasteiger partial charge in [0.25, 0.3) is 0 Å². The topological polar surface area (TPSA) is 68.3 Å². The molecule has 3 atom stereocenters. The van der Waals surface area contributed by atoms with Crippen LogP contribution in [0.2, 0.25) is 0 Å². The van der Waals surface area contributed by atoms with Crippen LogP contribution in [-0.2, 0) is 16.1 Å². The van der Waals surface area contributed by atoms with Crippen molar-refractivity contribution in [2.45, 2.75) is 51.6 Å². The lowest BCUT2D eigenvalue weighted by atomic mass is 9.97. The van der Waals surface area contributed by atoms with Gasteiger partial charge in [-0.05, 0) is 38.5 Å². The number of hydrogen-bond donors (Lipinski definition) is 1. The summed E-state index contributed by atoms with van der Waals surface area (Å²) in [5, 5.41) is 3.70. The number of benzene rings is 1. The van der Waals surface area contributed by atoms with Crippen molar-refractivity contribution in [3.8, 4) is 11.5 Å². The molecule has 0 amide bonds. The first-order valence-electron chi connectivity index (χ1n) is 12.8. The molecule has 1 N–H and O–H groups in total. The smallest absolute Gasteiger partial charge is 0.172 e. The number of piperazine rings is 1. The maximum Gasteiger partial charge on any atom is 0.172 e. The molecule has 3 aliphatic rings. The van der Waals surface area contributed by atoms with Gasteiger partial charge in [-0.1, -0.05) is 18.2 Å². The fourth-order valence-electron chi connectivity index (χ4n) is 5.39. The highest BCUT2D eigenvalue weighted by Crippen LogP contribution is 2.39. The molecule has 3 aliphatic heterocycles. The van der Waals surface area contributed by atoms with E-state index in [9.17, 15) is 0 Å². The van der Waals surface area contributed by atoms with Crippen LogP contribution in [0.25, 0.3) is 0 Å². The van der Waals surface area contributed by atoms with Crippen LogP contribution in [-0.4, -0.2) is 75.1 Å². The Hall–Kier alpha value is -2.39. The van der Waals surface area contributed by atoms with E-state index in [4.69, 9.17) is 23.9 Å². The van der Waals surface area contributed by atoms with Crippen LogP contribution in [0.1, 0.15) is 49.7 Å². The summed E-state index contributed by atoms with van der Waals surface area (Å²) >= 11 is 0. The van der Waals surface area contributed by atoms with Crippen molar-refractivity contribution in [1.82, 2.24) is 15.2 Å². The van der Waals surface area contributed by atoms with E-state index in [1.54, 1.807) is 7.11 Å². The minimum atomic E-state index is 0.136. The van der Waals surface area contributed by atoms with Crippen LogP contribution in [0.5, 0.6) is 11.5 Å². The molecule has 2 saturated heterocycles. The number of para-hydroxylation sites is 1. The van der Waals surface area contributed by atoms with Crippen molar-refractivity contribution in [2.75, 3.05) is 58.0 Å². The molecule has 0 aliphatic carbocycles. The van der Waals surface area contributed by atoms with Crippen LogP contribution in [0, 0.1) is 0 Å². The third-order valence-electron chi connectivity index (χ3n) is 7.12. The Bertz CT molecular complexity index is 1020. The number of methoxy groups -OCH3 is 1. The lowest BCUT2D eigenvalue weighted by molar-refractivity contribution is 0.0182. The molecule has 1 aromatic carbocycles. The summed E-state index contributed by atoms with van der Waals surface area (Å²) in [5.41, 5.74) is 3.43.